The second kappa shape index (κ2) is 8.65. The molecule has 2 aromatic rings. The van der Waals surface area contributed by atoms with Gasteiger partial charge in [0.2, 0.25) is 5.89 Å². The van der Waals surface area contributed by atoms with Crippen LogP contribution in [-0.2, 0) is 13.0 Å². The van der Waals surface area contributed by atoms with Crippen molar-refractivity contribution in [2.45, 2.75) is 59.7 Å². The van der Waals surface area contributed by atoms with Gasteiger partial charge in [-0.3, -0.25) is 9.59 Å². The second-order valence-corrected chi connectivity index (χ2v) is 6.83. The summed E-state index contributed by atoms with van der Waals surface area (Å²) >= 11 is 0. The fourth-order valence-electron chi connectivity index (χ4n) is 2.51. The molecular weight excluding hydrogens is 330 g/mol. The molecule has 0 unspecified atom stereocenters. The molecule has 0 atom stereocenters. The molecule has 0 spiro atoms. The predicted octanol–water partition coefficient (Wildman–Crippen LogP) is 3.43. The quantitative estimate of drug-likeness (QED) is 0.824. The summed E-state index contributed by atoms with van der Waals surface area (Å²) in [6, 6.07) is 7.59. The molecule has 26 heavy (non-hydrogen) atoms. The molecule has 2 amide bonds. The fourth-order valence-corrected chi connectivity index (χ4v) is 2.51. The number of hydrogen-bond acceptors (Lipinski definition) is 4. The van der Waals surface area contributed by atoms with E-state index in [4.69, 9.17) is 4.42 Å². The van der Waals surface area contributed by atoms with E-state index in [0.717, 1.165) is 6.42 Å². The van der Waals surface area contributed by atoms with Crippen molar-refractivity contribution >= 4 is 11.8 Å². The van der Waals surface area contributed by atoms with Crippen LogP contribution in [0.5, 0.6) is 0 Å². The average molecular weight is 357 g/mol. The van der Waals surface area contributed by atoms with Crippen molar-refractivity contribution in [1.82, 2.24) is 15.2 Å². The summed E-state index contributed by atoms with van der Waals surface area (Å²) in [6.45, 7) is 9.92. The van der Waals surface area contributed by atoms with Crippen LogP contribution >= 0.6 is 0 Å². The number of rotatable bonds is 7. The highest BCUT2D eigenvalue weighted by Crippen LogP contribution is 2.15. The highest BCUT2D eigenvalue weighted by Gasteiger charge is 2.22. The van der Waals surface area contributed by atoms with Gasteiger partial charge in [0.15, 0.2) is 5.69 Å². The summed E-state index contributed by atoms with van der Waals surface area (Å²) in [4.78, 5) is 30.7. The smallest absolute Gasteiger partial charge is 0.273 e. The first kappa shape index (κ1) is 19.7. The molecular formula is C20H27N3O3. The van der Waals surface area contributed by atoms with Gasteiger partial charge in [-0.2, -0.15) is 0 Å². The number of hydrogen-bond donors (Lipinski definition) is 1. The lowest BCUT2D eigenvalue weighted by molar-refractivity contribution is 0.0672. The minimum atomic E-state index is -0.285. The molecule has 140 valence electrons. The van der Waals surface area contributed by atoms with E-state index in [1.807, 2.05) is 52.0 Å². The standard InChI is InChI=1S/C20H27N3O3/c1-6-15-7-9-16(10-8-15)20(25)23(14(4)5)11-18-22-17(12-26-18)19(24)21-13(2)3/h7-10,12-14H,6,11H2,1-5H3,(H,21,24). The van der Waals surface area contributed by atoms with Gasteiger partial charge in [-0.1, -0.05) is 19.1 Å². The third kappa shape index (κ3) is 4.94. The van der Waals surface area contributed by atoms with Crippen LogP contribution in [0, 0.1) is 0 Å². The van der Waals surface area contributed by atoms with Crippen LogP contribution in [0.15, 0.2) is 34.9 Å². The number of carbonyl (C=O) groups is 2. The Bertz CT molecular complexity index is 748. The summed E-state index contributed by atoms with van der Waals surface area (Å²) in [6.07, 6.45) is 2.26. The fraction of sp³-hybridized carbons (Fsp3) is 0.450. The maximum atomic E-state index is 12.9. The number of amides is 2. The number of aryl methyl sites for hydroxylation is 1. The van der Waals surface area contributed by atoms with Gasteiger partial charge in [-0.05, 0) is 51.8 Å². The van der Waals surface area contributed by atoms with Crippen LogP contribution in [0.2, 0.25) is 0 Å². The Labute approximate surface area is 154 Å². The van der Waals surface area contributed by atoms with Crippen molar-refractivity contribution in [3.05, 3.63) is 53.2 Å². The minimum Gasteiger partial charge on any atom is -0.446 e. The number of nitrogens with zero attached hydrogens (tertiary/aromatic N) is 2. The largest absolute Gasteiger partial charge is 0.446 e. The molecule has 0 saturated carbocycles. The normalized spacial score (nSPS) is 11.0. The van der Waals surface area contributed by atoms with Gasteiger partial charge in [0, 0.05) is 17.6 Å². The Morgan fingerprint density at radius 2 is 1.81 bits per heavy atom. The molecule has 0 fully saturated rings. The van der Waals surface area contributed by atoms with Gasteiger partial charge >= 0.3 is 0 Å². The van der Waals surface area contributed by atoms with Gasteiger partial charge in [0.25, 0.3) is 11.8 Å². The van der Waals surface area contributed by atoms with Gasteiger partial charge < -0.3 is 14.6 Å². The third-order valence-corrected chi connectivity index (χ3v) is 4.00. The van der Waals surface area contributed by atoms with E-state index < -0.39 is 0 Å². The van der Waals surface area contributed by atoms with E-state index >= 15 is 0 Å². The van der Waals surface area contributed by atoms with Crippen molar-refractivity contribution < 1.29 is 14.0 Å². The topological polar surface area (TPSA) is 75.4 Å². The van der Waals surface area contributed by atoms with Gasteiger partial charge in [-0.25, -0.2) is 4.98 Å². The lowest BCUT2D eigenvalue weighted by Crippen LogP contribution is -2.36. The van der Waals surface area contributed by atoms with Crippen molar-refractivity contribution in [1.29, 1.82) is 0 Å². The Balaban J connectivity index is 2.14. The maximum Gasteiger partial charge on any atom is 0.273 e. The molecule has 1 aromatic heterocycles. The Morgan fingerprint density at radius 3 is 2.35 bits per heavy atom. The molecule has 0 aliphatic carbocycles. The molecule has 1 heterocycles. The van der Waals surface area contributed by atoms with Crippen LogP contribution in [0.4, 0.5) is 0 Å². The maximum absolute atomic E-state index is 12.9. The molecule has 0 aliphatic heterocycles. The first-order chi connectivity index (χ1) is 12.3. The molecule has 0 bridgehead atoms. The highest BCUT2D eigenvalue weighted by atomic mass is 16.3. The average Bonchev–Trinajstić information content (AvgIpc) is 3.07. The van der Waals surface area contributed by atoms with E-state index in [0.29, 0.717) is 11.5 Å². The molecule has 0 radical (unpaired) electrons. The van der Waals surface area contributed by atoms with Crippen LogP contribution in [0.25, 0.3) is 0 Å². The van der Waals surface area contributed by atoms with Gasteiger partial charge in [0.05, 0.1) is 6.54 Å². The SMILES string of the molecule is CCc1ccc(C(=O)N(Cc2nc(C(=O)NC(C)C)co2)C(C)C)cc1. The van der Waals surface area contributed by atoms with Gasteiger partial charge in [0.1, 0.15) is 6.26 Å². The predicted molar refractivity (Wildman–Crippen MR) is 99.9 cm³/mol. The van der Waals surface area contributed by atoms with Crippen molar-refractivity contribution in [2.24, 2.45) is 0 Å². The molecule has 1 aromatic carbocycles. The Hall–Kier alpha value is -2.63. The lowest BCUT2D eigenvalue weighted by atomic mass is 10.1. The molecule has 2 rings (SSSR count). The highest BCUT2D eigenvalue weighted by molar-refractivity contribution is 5.94. The van der Waals surface area contributed by atoms with Crippen LogP contribution in [0.1, 0.15) is 66.9 Å². The van der Waals surface area contributed by atoms with Crippen molar-refractivity contribution in [2.75, 3.05) is 0 Å². The van der Waals surface area contributed by atoms with Crippen LogP contribution in [-0.4, -0.2) is 33.8 Å². The zero-order valence-electron chi connectivity index (χ0n) is 16.1. The van der Waals surface area contributed by atoms with Crippen molar-refractivity contribution in [3.8, 4) is 0 Å². The number of nitrogens with one attached hydrogen (secondary N) is 1. The Morgan fingerprint density at radius 1 is 1.15 bits per heavy atom. The second-order valence-electron chi connectivity index (χ2n) is 6.83. The van der Waals surface area contributed by atoms with E-state index in [1.54, 1.807) is 4.90 Å². The zero-order valence-corrected chi connectivity index (χ0v) is 16.1. The number of benzene rings is 1. The van der Waals surface area contributed by atoms with Crippen molar-refractivity contribution in [3.63, 3.8) is 0 Å². The molecule has 1 N–H and O–H groups in total. The zero-order chi connectivity index (χ0) is 19.3. The first-order valence-electron chi connectivity index (χ1n) is 8.97. The van der Waals surface area contributed by atoms with E-state index in [9.17, 15) is 9.59 Å². The van der Waals surface area contributed by atoms with E-state index in [1.165, 1.54) is 11.8 Å². The van der Waals surface area contributed by atoms with E-state index in [2.05, 4.69) is 17.2 Å². The number of oxazole rings is 1. The van der Waals surface area contributed by atoms with Gasteiger partial charge in [-0.15, -0.1) is 0 Å². The lowest BCUT2D eigenvalue weighted by Gasteiger charge is -2.25. The summed E-state index contributed by atoms with van der Waals surface area (Å²) in [5.74, 6) is -0.0345. The number of aromatic nitrogens is 1. The monoisotopic (exact) mass is 357 g/mol. The van der Waals surface area contributed by atoms with E-state index in [-0.39, 0.29) is 36.1 Å². The minimum absolute atomic E-state index is 0.0162. The van der Waals surface area contributed by atoms with Crippen LogP contribution in [0.3, 0.4) is 0 Å². The third-order valence-electron chi connectivity index (χ3n) is 4.00. The molecule has 6 heteroatoms. The summed E-state index contributed by atoms with van der Waals surface area (Å²) < 4.78 is 5.40. The Kier molecular flexibility index (Phi) is 6.55. The van der Waals surface area contributed by atoms with Crippen LogP contribution < -0.4 is 5.32 Å². The first-order valence-corrected chi connectivity index (χ1v) is 8.97. The number of carbonyl (C=O) groups excluding carboxylic acids is 2. The summed E-state index contributed by atoms with van der Waals surface area (Å²) in [5, 5.41) is 2.77. The summed E-state index contributed by atoms with van der Waals surface area (Å²) in [7, 11) is 0. The molecule has 0 aliphatic rings. The summed E-state index contributed by atoms with van der Waals surface area (Å²) in [5.41, 5.74) is 2.03. The molecule has 0 saturated heterocycles. The molecule has 6 nitrogen and oxygen atoms in total.